The van der Waals surface area contributed by atoms with Crippen LogP contribution < -0.4 is 9.64 Å². The van der Waals surface area contributed by atoms with E-state index in [2.05, 4.69) is 4.98 Å². The van der Waals surface area contributed by atoms with Crippen molar-refractivity contribution in [1.82, 2.24) is 4.98 Å². The number of aromatic nitrogens is 1. The third-order valence-electron chi connectivity index (χ3n) is 4.49. The molecule has 0 saturated heterocycles. The summed E-state index contributed by atoms with van der Waals surface area (Å²) in [4.78, 5) is 30.2. The van der Waals surface area contributed by atoms with E-state index in [0.29, 0.717) is 22.2 Å². The van der Waals surface area contributed by atoms with Crippen LogP contribution in [0.5, 0.6) is 5.75 Å². The monoisotopic (exact) mass is 396 g/mol. The van der Waals surface area contributed by atoms with Gasteiger partial charge < -0.3 is 14.4 Å². The number of benzene rings is 2. The maximum absolute atomic E-state index is 12.2. The van der Waals surface area contributed by atoms with Gasteiger partial charge in [-0.3, -0.25) is 9.59 Å². The molecule has 142 valence electrons. The lowest BCUT2D eigenvalue weighted by molar-refractivity contribution is -0.144. The van der Waals surface area contributed by atoms with Gasteiger partial charge in [0, 0.05) is 17.5 Å². The first-order valence-corrected chi connectivity index (χ1v) is 9.21. The zero-order chi connectivity index (χ0) is 19.5. The molecule has 7 heteroatoms. The second kappa shape index (κ2) is 7.86. The summed E-state index contributed by atoms with van der Waals surface area (Å²) < 4.78 is 10.7. The van der Waals surface area contributed by atoms with E-state index in [4.69, 9.17) is 21.1 Å². The number of fused-ring (bicyclic) bond motifs is 2. The maximum Gasteiger partial charge on any atom is 0.307 e. The van der Waals surface area contributed by atoms with Crippen LogP contribution >= 0.6 is 11.6 Å². The molecule has 0 saturated carbocycles. The lowest BCUT2D eigenvalue weighted by Gasteiger charge is -2.28. The fraction of sp³-hybridized carbons (Fsp3) is 0.190. The van der Waals surface area contributed by atoms with Crippen molar-refractivity contribution in [3.05, 3.63) is 65.3 Å². The number of anilines is 1. The van der Waals surface area contributed by atoms with Crippen molar-refractivity contribution in [3.63, 3.8) is 0 Å². The van der Waals surface area contributed by atoms with E-state index in [1.165, 1.54) is 0 Å². The highest BCUT2D eigenvalue weighted by Crippen LogP contribution is 2.31. The van der Waals surface area contributed by atoms with Gasteiger partial charge in [-0.05, 0) is 24.3 Å². The molecule has 0 aliphatic carbocycles. The van der Waals surface area contributed by atoms with Gasteiger partial charge in [0.2, 0.25) is 0 Å². The van der Waals surface area contributed by atoms with Crippen molar-refractivity contribution in [3.8, 4) is 5.75 Å². The van der Waals surface area contributed by atoms with Gasteiger partial charge >= 0.3 is 5.97 Å². The third kappa shape index (κ3) is 3.77. The van der Waals surface area contributed by atoms with Gasteiger partial charge in [0.15, 0.2) is 6.61 Å². The third-order valence-corrected chi connectivity index (χ3v) is 4.81. The van der Waals surface area contributed by atoms with Crippen molar-refractivity contribution in [2.75, 3.05) is 18.1 Å². The number of ether oxygens (including phenoxy) is 2. The fourth-order valence-corrected chi connectivity index (χ4v) is 3.27. The smallest absolute Gasteiger partial charge is 0.307 e. The molecule has 3 aromatic rings. The minimum Gasteiger partial charge on any atom is -0.482 e. The van der Waals surface area contributed by atoms with Crippen LogP contribution in [0.2, 0.25) is 5.15 Å². The van der Waals surface area contributed by atoms with E-state index in [1.807, 2.05) is 42.5 Å². The van der Waals surface area contributed by atoms with Crippen molar-refractivity contribution in [1.29, 1.82) is 0 Å². The standard InChI is InChI=1S/C21H17ClN2O4/c22-21-15(11-14-5-1-2-6-16(14)23-21)12-28-20(26)9-10-24-17-7-3-4-8-18(17)27-13-19(24)25/h1-8,11H,9-10,12-13H2. The van der Waals surface area contributed by atoms with E-state index >= 15 is 0 Å². The van der Waals surface area contributed by atoms with Crippen LogP contribution in [0.1, 0.15) is 12.0 Å². The molecule has 0 fully saturated rings. The summed E-state index contributed by atoms with van der Waals surface area (Å²) in [7, 11) is 0. The summed E-state index contributed by atoms with van der Waals surface area (Å²) in [6.45, 7) is 0.218. The van der Waals surface area contributed by atoms with Crippen LogP contribution in [0.4, 0.5) is 5.69 Å². The molecular formula is C21H17ClN2O4. The number of hydrogen-bond acceptors (Lipinski definition) is 5. The van der Waals surface area contributed by atoms with Crippen LogP contribution in [0.25, 0.3) is 10.9 Å². The summed E-state index contributed by atoms with van der Waals surface area (Å²) in [5, 5.41) is 1.23. The molecule has 0 unspecified atom stereocenters. The molecule has 0 radical (unpaired) electrons. The number of amides is 1. The second-order valence-electron chi connectivity index (χ2n) is 6.34. The number of carbonyl (C=O) groups is 2. The maximum atomic E-state index is 12.2. The predicted molar refractivity (Wildman–Crippen MR) is 105 cm³/mol. The Bertz CT molecular complexity index is 1050. The Morgan fingerprint density at radius 1 is 1.18 bits per heavy atom. The molecule has 0 N–H and O–H groups in total. The minimum absolute atomic E-state index is 0.0309. The number of pyridine rings is 1. The normalized spacial score (nSPS) is 13.2. The molecule has 1 aromatic heterocycles. The highest BCUT2D eigenvalue weighted by atomic mass is 35.5. The summed E-state index contributed by atoms with van der Waals surface area (Å²) in [5.74, 6) is 0.0266. The molecule has 1 aliphatic heterocycles. The van der Waals surface area contributed by atoms with Crippen LogP contribution in [0.15, 0.2) is 54.6 Å². The van der Waals surface area contributed by atoms with Gasteiger partial charge in [0.1, 0.15) is 17.5 Å². The Hall–Kier alpha value is -3.12. The summed E-state index contributed by atoms with van der Waals surface area (Å²) in [6.07, 6.45) is 0.0682. The topological polar surface area (TPSA) is 68.7 Å². The molecule has 1 aliphatic rings. The van der Waals surface area contributed by atoms with E-state index in [-0.39, 0.29) is 32.1 Å². The number of carbonyl (C=O) groups excluding carboxylic acids is 2. The Balaban J connectivity index is 1.38. The summed E-state index contributed by atoms with van der Waals surface area (Å²) in [5.41, 5.74) is 2.09. The van der Waals surface area contributed by atoms with E-state index in [1.54, 1.807) is 17.0 Å². The van der Waals surface area contributed by atoms with E-state index in [9.17, 15) is 9.59 Å². The van der Waals surface area contributed by atoms with Gasteiger partial charge in [-0.2, -0.15) is 0 Å². The molecule has 2 heterocycles. The molecule has 4 rings (SSSR count). The molecule has 0 spiro atoms. The minimum atomic E-state index is -0.416. The molecule has 1 amide bonds. The lowest BCUT2D eigenvalue weighted by Crippen LogP contribution is -2.40. The highest BCUT2D eigenvalue weighted by Gasteiger charge is 2.25. The Labute approximate surface area is 166 Å². The quantitative estimate of drug-likeness (QED) is 0.485. The molecule has 6 nitrogen and oxygen atoms in total. The number of hydrogen-bond donors (Lipinski definition) is 0. The van der Waals surface area contributed by atoms with Crippen molar-refractivity contribution in [2.24, 2.45) is 0 Å². The summed E-state index contributed by atoms with van der Waals surface area (Å²) in [6, 6.07) is 16.7. The lowest BCUT2D eigenvalue weighted by atomic mass is 10.2. The number of nitrogens with zero attached hydrogens (tertiary/aromatic N) is 2. The average Bonchev–Trinajstić information content (AvgIpc) is 2.71. The molecule has 28 heavy (non-hydrogen) atoms. The van der Waals surface area contributed by atoms with Crippen molar-refractivity contribution >= 4 is 40.1 Å². The zero-order valence-corrected chi connectivity index (χ0v) is 15.7. The fourth-order valence-electron chi connectivity index (χ4n) is 3.07. The Morgan fingerprint density at radius 3 is 2.86 bits per heavy atom. The summed E-state index contributed by atoms with van der Waals surface area (Å²) >= 11 is 6.19. The van der Waals surface area contributed by atoms with Gasteiger partial charge in [-0.15, -0.1) is 0 Å². The van der Waals surface area contributed by atoms with E-state index < -0.39 is 5.97 Å². The van der Waals surface area contributed by atoms with Gasteiger partial charge in [0.25, 0.3) is 5.91 Å². The zero-order valence-electron chi connectivity index (χ0n) is 14.9. The van der Waals surface area contributed by atoms with Gasteiger partial charge in [0.05, 0.1) is 17.6 Å². The van der Waals surface area contributed by atoms with Gasteiger partial charge in [-0.25, -0.2) is 4.98 Å². The molecule has 0 bridgehead atoms. The first kappa shape index (κ1) is 18.3. The molecular weight excluding hydrogens is 380 g/mol. The van der Waals surface area contributed by atoms with Crippen LogP contribution in [0, 0.1) is 0 Å². The number of esters is 1. The first-order chi connectivity index (χ1) is 13.6. The van der Waals surface area contributed by atoms with Crippen LogP contribution in [-0.4, -0.2) is 30.0 Å². The number of rotatable bonds is 5. The Morgan fingerprint density at radius 2 is 1.96 bits per heavy atom. The van der Waals surface area contributed by atoms with Crippen molar-refractivity contribution in [2.45, 2.75) is 13.0 Å². The predicted octanol–water partition coefficient (Wildman–Crippen LogP) is 3.75. The largest absolute Gasteiger partial charge is 0.482 e. The second-order valence-corrected chi connectivity index (χ2v) is 6.70. The number of halogens is 1. The molecule has 2 aromatic carbocycles. The average molecular weight is 397 g/mol. The SMILES string of the molecule is O=C(CCN1C(=O)COc2ccccc21)OCc1cc2ccccc2nc1Cl. The van der Waals surface area contributed by atoms with Crippen LogP contribution in [0.3, 0.4) is 0 Å². The van der Waals surface area contributed by atoms with Crippen LogP contribution in [-0.2, 0) is 20.9 Å². The van der Waals surface area contributed by atoms with E-state index in [0.717, 1.165) is 10.9 Å². The molecule has 0 atom stereocenters. The number of para-hydroxylation sites is 3. The highest BCUT2D eigenvalue weighted by molar-refractivity contribution is 6.30. The first-order valence-electron chi connectivity index (χ1n) is 8.84. The Kier molecular flexibility index (Phi) is 5.12. The van der Waals surface area contributed by atoms with Gasteiger partial charge in [-0.1, -0.05) is 41.9 Å². The van der Waals surface area contributed by atoms with Crippen molar-refractivity contribution < 1.29 is 19.1 Å².